The first-order valence-corrected chi connectivity index (χ1v) is 21.3. The molecular weight excluding hydrogens is 711 g/mol. The quantitative estimate of drug-likeness (QED) is 0.196. The fraction of sp³-hybridized carbons (Fsp3) is 0.575. The molecule has 2 saturated heterocycles. The maximum absolute atomic E-state index is 14.5. The lowest BCUT2D eigenvalue weighted by Gasteiger charge is -2.30. The largest absolute Gasteiger partial charge is 0.444 e. The molecule has 0 spiro atoms. The van der Waals surface area contributed by atoms with Gasteiger partial charge in [-0.15, -0.1) is 0 Å². The lowest BCUT2D eigenvalue weighted by atomic mass is 9.85. The maximum Gasteiger partial charge on any atom is 0.410 e. The van der Waals surface area contributed by atoms with Crippen molar-refractivity contribution in [1.82, 2.24) is 19.5 Å². The van der Waals surface area contributed by atoms with Gasteiger partial charge in [-0.2, -0.15) is 0 Å². The highest BCUT2D eigenvalue weighted by atomic mass is 32.2. The number of rotatable bonds is 15. The lowest BCUT2D eigenvalue weighted by Crippen LogP contribution is -2.52. The third-order valence-corrected chi connectivity index (χ3v) is 11.8. The molecule has 1 saturated carbocycles. The molecule has 3 fully saturated rings. The molecule has 2 aromatic carbocycles. The second-order valence-corrected chi connectivity index (χ2v) is 17.0. The van der Waals surface area contributed by atoms with Gasteiger partial charge in [0.2, 0.25) is 21.7 Å². The number of ether oxygens (including phenoxy) is 1. The van der Waals surface area contributed by atoms with Crippen molar-refractivity contribution in [3.63, 3.8) is 0 Å². The summed E-state index contributed by atoms with van der Waals surface area (Å²) < 4.78 is 39.5. The average Bonchev–Trinajstić information content (AvgIpc) is 3.81. The molecule has 2 amide bonds. The summed E-state index contributed by atoms with van der Waals surface area (Å²) in [6.07, 6.45) is 8.87. The first-order valence-electron chi connectivity index (χ1n) is 19.4. The first-order chi connectivity index (χ1) is 26.0. The number of oxazole rings is 1. The van der Waals surface area contributed by atoms with Gasteiger partial charge in [-0.1, -0.05) is 68.5 Å². The Morgan fingerprint density at radius 1 is 0.981 bits per heavy atom. The number of nitrogens with one attached hydrogen (secondary N) is 1. The molecule has 3 heterocycles. The van der Waals surface area contributed by atoms with E-state index < -0.39 is 57.7 Å². The number of fused-ring (bicyclic) bond motifs is 1. The van der Waals surface area contributed by atoms with Crippen molar-refractivity contribution in [2.24, 2.45) is 17.6 Å². The summed E-state index contributed by atoms with van der Waals surface area (Å²) in [5, 5.41) is 0. The number of carbonyl (C=O) groups excluding carboxylic acids is 4. The summed E-state index contributed by atoms with van der Waals surface area (Å²) in [6.45, 7) is 1.38. The van der Waals surface area contributed by atoms with Crippen LogP contribution in [0.4, 0.5) is 4.79 Å². The van der Waals surface area contributed by atoms with Crippen molar-refractivity contribution in [3.05, 3.63) is 65.5 Å². The molecule has 13 nitrogen and oxygen atoms in total. The van der Waals surface area contributed by atoms with Crippen LogP contribution in [-0.2, 0) is 37.3 Å². The van der Waals surface area contributed by atoms with E-state index in [0.717, 1.165) is 62.3 Å². The van der Waals surface area contributed by atoms with Gasteiger partial charge in [0.1, 0.15) is 17.7 Å². The van der Waals surface area contributed by atoms with Crippen molar-refractivity contribution in [2.45, 2.75) is 108 Å². The van der Waals surface area contributed by atoms with E-state index >= 15 is 0 Å². The highest BCUT2D eigenvalue weighted by molar-refractivity contribution is 7.88. The van der Waals surface area contributed by atoms with E-state index in [2.05, 4.69) is 9.71 Å². The fourth-order valence-corrected chi connectivity index (χ4v) is 8.99. The van der Waals surface area contributed by atoms with Crippen LogP contribution in [0.15, 0.2) is 52.9 Å². The Hall–Kier alpha value is -4.14. The molecule has 54 heavy (non-hydrogen) atoms. The number of hydrogen-bond acceptors (Lipinski definition) is 10. The van der Waals surface area contributed by atoms with E-state index in [1.807, 2.05) is 24.3 Å². The van der Waals surface area contributed by atoms with Crippen molar-refractivity contribution in [3.8, 4) is 0 Å². The molecule has 292 valence electrons. The number of nitrogens with two attached hydrogens (primary N) is 1. The topological polar surface area (TPSA) is 182 Å². The average molecular weight is 764 g/mol. The minimum atomic E-state index is -3.79. The van der Waals surface area contributed by atoms with Crippen molar-refractivity contribution in [2.75, 3.05) is 25.9 Å². The number of benzene rings is 2. The minimum Gasteiger partial charge on any atom is -0.444 e. The second-order valence-electron chi connectivity index (χ2n) is 15.3. The number of sulfonamides is 1. The number of para-hydroxylation sites is 2. The maximum atomic E-state index is 14.5. The van der Waals surface area contributed by atoms with E-state index in [1.165, 1.54) is 11.3 Å². The van der Waals surface area contributed by atoms with Crippen LogP contribution < -0.4 is 10.5 Å². The van der Waals surface area contributed by atoms with Gasteiger partial charge >= 0.3 is 6.09 Å². The first kappa shape index (κ1) is 39.6. The van der Waals surface area contributed by atoms with E-state index in [1.54, 1.807) is 29.2 Å². The van der Waals surface area contributed by atoms with E-state index in [4.69, 9.17) is 14.9 Å². The Morgan fingerprint density at radius 2 is 1.70 bits per heavy atom. The molecule has 2 aliphatic heterocycles. The molecule has 3 aromatic rings. The zero-order valence-electron chi connectivity index (χ0n) is 31.1. The number of aromatic nitrogens is 1. The fourth-order valence-electron chi connectivity index (χ4n) is 8.25. The van der Waals surface area contributed by atoms with Gasteiger partial charge in [0.05, 0.1) is 18.8 Å². The number of nitrogens with zero attached hydrogens (tertiary/aromatic N) is 3. The van der Waals surface area contributed by atoms with Crippen LogP contribution in [-0.4, -0.2) is 90.8 Å². The van der Waals surface area contributed by atoms with Gasteiger partial charge in [-0.25, -0.2) is 22.9 Å². The molecule has 3 N–H and O–H groups in total. The zero-order valence-corrected chi connectivity index (χ0v) is 31.9. The van der Waals surface area contributed by atoms with Crippen LogP contribution in [0, 0.1) is 11.8 Å². The zero-order chi connectivity index (χ0) is 38.2. The summed E-state index contributed by atoms with van der Waals surface area (Å²) in [5.74, 6) is -2.01. The number of ketones is 2. The van der Waals surface area contributed by atoms with Crippen LogP contribution in [0.5, 0.6) is 0 Å². The summed E-state index contributed by atoms with van der Waals surface area (Å²) in [5.41, 5.74) is 8.53. The SMILES string of the molecule is CS(=O)(=O)N[C@H](CCC1CCCCC1)C(=O)N1C[C@H](OC(=O)N2CCCCC2)C[C@H]1C(=O)C[C@@H](Cc1cccc(CN)c1)C(=O)c1nc2ccccc2o1. The smallest absolute Gasteiger partial charge is 0.410 e. The number of piperidine rings is 1. The molecule has 3 aliphatic rings. The summed E-state index contributed by atoms with van der Waals surface area (Å²) >= 11 is 0. The Bertz CT molecular complexity index is 1870. The van der Waals surface area contributed by atoms with Gasteiger partial charge < -0.3 is 24.7 Å². The monoisotopic (exact) mass is 763 g/mol. The Balaban J connectivity index is 1.27. The van der Waals surface area contributed by atoms with Crippen molar-refractivity contribution >= 4 is 44.7 Å². The second kappa shape index (κ2) is 18.0. The van der Waals surface area contributed by atoms with Gasteiger partial charge in [0.25, 0.3) is 5.89 Å². The summed E-state index contributed by atoms with van der Waals surface area (Å²) in [6, 6.07) is 12.4. The van der Waals surface area contributed by atoms with Crippen LogP contribution in [0.25, 0.3) is 11.1 Å². The third-order valence-electron chi connectivity index (χ3n) is 11.1. The van der Waals surface area contributed by atoms with Crippen molar-refractivity contribution < 1.29 is 36.7 Å². The Kier molecular flexibility index (Phi) is 13.2. The number of carbonyl (C=O) groups is 4. The number of likely N-dealkylation sites (tertiary alicyclic amines) is 2. The number of hydrogen-bond donors (Lipinski definition) is 2. The highest BCUT2D eigenvalue weighted by Crippen LogP contribution is 2.31. The standard InChI is InChI=1S/C40H53N5O8S/c1-54(50,51)43-33(18-17-27-11-4-2-5-12-27)39(48)45-26-31(52-40(49)44-19-8-3-9-20-44)24-34(45)35(46)23-30(22-28-13-10-14-29(21-28)25-41)37(47)38-42-32-15-6-7-16-36(32)53-38/h6-7,10,13-16,21,27,30-31,33-34,43H,2-5,8-9,11-12,17-20,22-26,41H2,1H3/t30-,31-,33-,34+/m1/s1. The summed E-state index contributed by atoms with van der Waals surface area (Å²) in [7, 11) is -3.79. The number of Topliss-reactive ketones (excluding diaryl/α,β-unsaturated/α-hetero) is 2. The normalized spacial score (nSPS) is 20.9. The van der Waals surface area contributed by atoms with E-state index in [-0.39, 0.29) is 38.1 Å². The summed E-state index contributed by atoms with van der Waals surface area (Å²) in [4.78, 5) is 63.8. The predicted molar refractivity (Wildman–Crippen MR) is 203 cm³/mol. The molecule has 6 rings (SSSR count). The van der Waals surface area contributed by atoms with Crippen molar-refractivity contribution in [1.29, 1.82) is 0 Å². The molecule has 1 aliphatic carbocycles. The lowest BCUT2D eigenvalue weighted by molar-refractivity contribution is -0.139. The molecule has 4 atom stereocenters. The molecular formula is C40H53N5O8S. The van der Waals surface area contributed by atoms with Gasteiger partial charge in [-0.05, 0) is 67.7 Å². The molecule has 0 bridgehead atoms. The van der Waals surface area contributed by atoms with Crippen LogP contribution >= 0.6 is 0 Å². The Morgan fingerprint density at radius 3 is 2.43 bits per heavy atom. The van der Waals surface area contributed by atoms with Crippen LogP contribution in [0.1, 0.15) is 98.9 Å². The van der Waals surface area contributed by atoms with E-state index in [0.29, 0.717) is 43.1 Å². The molecule has 1 aromatic heterocycles. The van der Waals surface area contributed by atoms with Gasteiger partial charge in [0.15, 0.2) is 11.4 Å². The predicted octanol–water partition coefficient (Wildman–Crippen LogP) is 5.16. The van der Waals surface area contributed by atoms with Gasteiger partial charge in [-0.3, -0.25) is 14.4 Å². The molecule has 0 radical (unpaired) electrons. The van der Waals surface area contributed by atoms with Crippen LogP contribution in [0.2, 0.25) is 0 Å². The Labute approximate surface area is 317 Å². The molecule has 0 unspecified atom stereocenters. The number of amides is 2. The molecule has 14 heteroatoms. The highest BCUT2D eigenvalue weighted by Gasteiger charge is 2.45. The van der Waals surface area contributed by atoms with Crippen LogP contribution in [0.3, 0.4) is 0 Å². The van der Waals surface area contributed by atoms with E-state index in [9.17, 15) is 27.6 Å². The van der Waals surface area contributed by atoms with Gasteiger partial charge in [0, 0.05) is 38.4 Å². The third kappa shape index (κ3) is 10.3. The minimum absolute atomic E-state index is 0.0326.